The van der Waals surface area contributed by atoms with E-state index in [-0.39, 0.29) is 0 Å². The van der Waals surface area contributed by atoms with Crippen molar-refractivity contribution >= 4 is 0 Å². The Morgan fingerprint density at radius 1 is 0.188 bits per heavy atom. The van der Waals surface area contributed by atoms with Crippen LogP contribution < -0.4 is 0 Å². The zero-order chi connectivity index (χ0) is 20.6. The Hall–Kier alpha value is 0. The molecule has 9 aliphatic carbocycles. The molecule has 0 N–H and O–H groups in total. The molecule has 0 bridgehead atoms. The van der Waals surface area contributed by atoms with Gasteiger partial charge in [0.1, 0.15) is 0 Å². The molecule has 32 heavy (non-hydrogen) atoms. The second-order valence-electron chi connectivity index (χ2n) is 15.2. The molecule has 0 radical (unpaired) electrons. The first kappa shape index (κ1) is 19.2. The van der Waals surface area contributed by atoms with E-state index in [0.29, 0.717) is 0 Å². The van der Waals surface area contributed by atoms with Crippen LogP contribution in [0.25, 0.3) is 0 Å². The molecule has 0 aromatic rings. The average Bonchev–Trinajstić information content (AvgIpc) is 3.36. The van der Waals surface area contributed by atoms with Crippen molar-refractivity contribution in [2.75, 3.05) is 0 Å². The third-order valence-corrected chi connectivity index (χ3v) is 15.2. The Bertz CT molecular complexity index is 644. The van der Waals surface area contributed by atoms with Gasteiger partial charge in [-0.25, -0.2) is 0 Å². The van der Waals surface area contributed by atoms with E-state index >= 15 is 0 Å². The first-order valence-electron chi connectivity index (χ1n) is 15.9. The number of fused-ring (bicyclic) bond motifs is 8. The van der Waals surface area contributed by atoms with E-state index in [2.05, 4.69) is 0 Å². The molecule has 9 saturated carbocycles. The van der Waals surface area contributed by atoms with Crippen molar-refractivity contribution < 1.29 is 0 Å². The minimum absolute atomic E-state index is 1.18. The SMILES string of the molecule is C1CCC2C(C1)C1CCC3C4CCC5C6CCCCC6C6CCC(C7CCC2C1C37)C4C56. The molecule has 0 spiro atoms. The van der Waals surface area contributed by atoms with Gasteiger partial charge in [-0.05, 0) is 172 Å². The summed E-state index contributed by atoms with van der Waals surface area (Å²) in [7, 11) is 0. The van der Waals surface area contributed by atoms with Crippen molar-refractivity contribution in [1.29, 1.82) is 0 Å². The van der Waals surface area contributed by atoms with E-state index in [1.165, 1.54) is 94.7 Å². The average molecular weight is 433 g/mol. The monoisotopic (exact) mass is 432 g/mol. The molecule has 176 valence electrons. The lowest BCUT2D eigenvalue weighted by Crippen LogP contribution is -2.59. The molecule has 0 saturated heterocycles. The molecule has 9 fully saturated rings. The lowest BCUT2D eigenvalue weighted by molar-refractivity contribution is -0.170. The minimum Gasteiger partial charge on any atom is -0.0530 e. The van der Waals surface area contributed by atoms with Gasteiger partial charge < -0.3 is 0 Å². The molecule has 9 aliphatic rings. The quantitative estimate of drug-likeness (QED) is 0.362. The summed E-state index contributed by atoms with van der Waals surface area (Å²) < 4.78 is 0. The lowest BCUT2D eigenvalue weighted by atomic mass is 9.40. The summed E-state index contributed by atoms with van der Waals surface area (Å²) in [6.45, 7) is 0. The summed E-state index contributed by atoms with van der Waals surface area (Å²) in [4.78, 5) is 0. The Morgan fingerprint density at radius 2 is 0.375 bits per heavy atom. The lowest BCUT2D eigenvalue weighted by Gasteiger charge is -2.65. The van der Waals surface area contributed by atoms with E-state index in [1.54, 1.807) is 103 Å². The fourth-order valence-corrected chi connectivity index (χ4v) is 15.1. The standard InChI is InChI=1S/C32H48/c1-2-6-18-17(5-1)21-9-13-25-27-15-11-23-19-7-3-4-8-20(19)24-12-16-28(32(27)30(23)24)26-14-10-22(18)29(21)31(25)26/h17-32H,1-16H2. The van der Waals surface area contributed by atoms with E-state index in [1.807, 2.05) is 0 Å². The predicted molar refractivity (Wildman–Crippen MR) is 130 cm³/mol. The summed E-state index contributed by atoms with van der Waals surface area (Å²) in [5.74, 6) is 19.1. The normalized spacial score (nSPS) is 66.0. The summed E-state index contributed by atoms with van der Waals surface area (Å²) in [5, 5.41) is 0. The smallest absolute Gasteiger partial charge is 0.0318 e. The summed E-state index contributed by atoms with van der Waals surface area (Å²) in [5.41, 5.74) is 0. The van der Waals surface area contributed by atoms with Gasteiger partial charge >= 0.3 is 0 Å². The van der Waals surface area contributed by atoms with Gasteiger partial charge in [0.2, 0.25) is 0 Å². The summed E-state index contributed by atoms with van der Waals surface area (Å²) in [6, 6.07) is 0. The fraction of sp³-hybridized carbons (Fsp3) is 1.00. The van der Waals surface area contributed by atoms with Crippen molar-refractivity contribution in [2.45, 2.75) is 103 Å². The molecule has 0 aromatic heterocycles. The van der Waals surface area contributed by atoms with Crippen molar-refractivity contribution in [1.82, 2.24) is 0 Å². The second kappa shape index (κ2) is 6.81. The van der Waals surface area contributed by atoms with Crippen LogP contribution >= 0.6 is 0 Å². The van der Waals surface area contributed by atoms with Gasteiger partial charge in [-0.1, -0.05) is 25.7 Å². The van der Waals surface area contributed by atoms with Gasteiger partial charge in [0.25, 0.3) is 0 Å². The molecule has 0 heterocycles. The molecule has 0 amide bonds. The molecule has 12 unspecified atom stereocenters. The maximum atomic E-state index is 1.68. The van der Waals surface area contributed by atoms with Crippen LogP contribution in [-0.4, -0.2) is 0 Å². The second-order valence-corrected chi connectivity index (χ2v) is 15.2. The van der Waals surface area contributed by atoms with Crippen LogP contribution in [0.5, 0.6) is 0 Å². The summed E-state index contributed by atoms with van der Waals surface area (Å²) >= 11 is 0. The van der Waals surface area contributed by atoms with Crippen molar-refractivity contribution in [3.63, 3.8) is 0 Å². The number of hydrogen-bond donors (Lipinski definition) is 0. The molecule has 12 atom stereocenters. The molecule has 0 aliphatic heterocycles. The van der Waals surface area contributed by atoms with Gasteiger partial charge in [-0.2, -0.15) is 0 Å². The largest absolute Gasteiger partial charge is 0.0530 e. The molecular weight excluding hydrogens is 384 g/mol. The fourth-order valence-electron chi connectivity index (χ4n) is 15.1. The van der Waals surface area contributed by atoms with Crippen molar-refractivity contribution in [2.24, 2.45) is 94.7 Å². The van der Waals surface area contributed by atoms with Crippen LogP contribution in [0.3, 0.4) is 0 Å². The highest BCUT2D eigenvalue weighted by atomic mass is 14.7. The van der Waals surface area contributed by atoms with Gasteiger partial charge in [0.15, 0.2) is 0 Å². The van der Waals surface area contributed by atoms with E-state index in [9.17, 15) is 0 Å². The minimum atomic E-state index is 1.18. The van der Waals surface area contributed by atoms with Crippen molar-refractivity contribution in [3.05, 3.63) is 0 Å². The first-order valence-corrected chi connectivity index (χ1v) is 15.9. The van der Waals surface area contributed by atoms with Crippen LogP contribution in [0.4, 0.5) is 0 Å². The zero-order valence-corrected chi connectivity index (χ0v) is 20.6. The third-order valence-electron chi connectivity index (χ3n) is 15.2. The van der Waals surface area contributed by atoms with Crippen LogP contribution in [-0.2, 0) is 0 Å². The van der Waals surface area contributed by atoms with Gasteiger partial charge in [0.05, 0.1) is 0 Å². The molecular formula is C32H48. The highest BCUT2D eigenvalue weighted by molar-refractivity contribution is 5.16. The number of rotatable bonds is 0. The molecule has 0 aromatic carbocycles. The Balaban J connectivity index is 1.10. The third kappa shape index (κ3) is 2.25. The van der Waals surface area contributed by atoms with Gasteiger partial charge in [-0.3, -0.25) is 0 Å². The maximum absolute atomic E-state index is 1.68. The van der Waals surface area contributed by atoms with Gasteiger partial charge in [-0.15, -0.1) is 0 Å². The predicted octanol–water partition coefficient (Wildman–Crippen LogP) is 8.21. The number of hydrogen-bond acceptors (Lipinski definition) is 0. The van der Waals surface area contributed by atoms with Gasteiger partial charge in [0, 0.05) is 0 Å². The first-order chi connectivity index (χ1) is 15.9. The van der Waals surface area contributed by atoms with Crippen LogP contribution in [0.1, 0.15) is 103 Å². The highest BCUT2D eigenvalue weighted by Gasteiger charge is 2.68. The summed E-state index contributed by atoms with van der Waals surface area (Å²) in [6.07, 6.45) is 26.3. The van der Waals surface area contributed by atoms with Crippen LogP contribution in [0, 0.1) is 94.7 Å². The zero-order valence-electron chi connectivity index (χ0n) is 20.6. The molecule has 9 rings (SSSR count). The Labute approximate surface area is 197 Å². The van der Waals surface area contributed by atoms with Crippen LogP contribution in [0.15, 0.2) is 0 Å². The molecule has 0 nitrogen and oxygen atoms in total. The van der Waals surface area contributed by atoms with Crippen LogP contribution in [0.2, 0.25) is 0 Å². The highest BCUT2D eigenvalue weighted by Crippen LogP contribution is 2.74. The van der Waals surface area contributed by atoms with E-state index < -0.39 is 0 Å². The topological polar surface area (TPSA) is 0 Å². The van der Waals surface area contributed by atoms with Crippen molar-refractivity contribution in [3.8, 4) is 0 Å². The van der Waals surface area contributed by atoms with E-state index in [0.717, 1.165) is 0 Å². The maximum Gasteiger partial charge on any atom is -0.0318 e. The van der Waals surface area contributed by atoms with E-state index in [4.69, 9.17) is 0 Å². The molecule has 0 heteroatoms. The Kier molecular flexibility index (Phi) is 4.09. The Morgan fingerprint density at radius 3 is 0.594 bits per heavy atom.